The minimum absolute atomic E-state index is 0.0124. The van der Waals surface area contributed by atoms with Crippen LogP contribution in [0.2, 0.25) is 0 Å². The quantitative estimate of drug-likeness (QED) is 0.0193. The van der Waals surface area contributed by atoms with Gasteiger partial charge in [0.25, 0.3) is 9.05 Å². The van der Waals surface area contributed by atoms with E-state index < -0.39 is 66.8 Å². The van der Waals surface area contributed by atoms with Crippen molar-refractivity contribution in [2.45, 2.75) is 179 Å². The summed E-state index contributed by atoms with van der Waals surface area (Å²) in [5, 5.41) is 31.2. The van der Waals surface area contributed by atoms with Gasteiger partial charge in [0.1, 0.15) is 11.2 Å². The summed E-state index contributed by atoms with van der Waals surface area (Å²) < 4.78 is 82.6. The molecule has 0 saturated heterocycles. The van der Waals surface area contributed by atoms with Crippen LogP contribution in [0.1, 0.15) is 132 Å². The third-order valence-electron chi connectivity index (χ3n) is 13.6. The van der Waals surface area contributed by atoms with Crippen LogP contribution in [-0.2, 0) is 41.4 Å². The third-order valence-corrected chi connectivity index (χ3v) is 16.8. The largest absolute Gasteiger partial charge is 0.454 e. The van der Waals surface area contributed by atoms with E-state index in [4.69, 9.17) is 39.1 Å². The van der Waals surface area contributed by atoms with Crippen LogP contribution in [0.5, 0.6) is 23.0 Å². The number of halogens is 1. The molecular formula is C64H93ClN4O14S2. The maximum Gasteiger partial charge on any atom is 0.407 e. The molecule has 2 aliphatic heterocycles. The number of nitrogens with one attached hydrogen (secondary N) is 3. The Morgan fingerprint density at radius 2 is 1.05 bits per heavy atom. The van der Waals surface area contributed by atoms with E-state index in [1.165, 1.54) is 53.1 Å². The molecule has 18 nitrogen and oxygen atoms in total. The van der Waals surface area contributed by atoms with E-state index in [9.17, 15) is 36.6 Å². The molecule has 0 bridgehead atoms. The van der Waals surface area contributed by atoms with Crippen molar-refractivity contribution in [1.82, 2.24) is 20.3 Å². The number of sulfonamides is 1. The van der Waals surface area contributed by atoms with Gasteiger partial charge in [-0.25, -0.2) is 26.4 Å². The summed E-state index contributed by atoms with van der Waals surface area (Å²) in [7, 11) is -2.58. The van der Waals surface area contributed by atoms with Crippen molar-refractivity contribution in [3.63, 3.8) is 0 Å². The molecule has 0 spiro atoms. The lowest BCUT2D eigenvalue weighted by Gasteiger charge is -2.31. The topological polar surface area (TPSA) is 238 Å². The molecule has 2 amide bonds. The van der Waals surface area contributed by atoms with Gasteiger partial charge in [0.15, 0.2) is 23.0 Å². The lowest BCUT2D eigenvalue weighted by molar-refractivity contribution is 0.0398. The molecule has 0 saturated carbocycles. The Hall–Kier alpha value is -5.87. The van der Waals surface area contributed by atoms with Gasteiger partial charge >= 0.3 is 12.2 Å². The second-order valence-electron chi connectivity index (χ2n) is 24.0. The number of carbonyl (C=O) groups is 2. The van der Waals surface area contributed by atoms with Crippen LogP contribution in [0.15, 0.2) is 131 Å². The predicted molar refractivity (Wildman–Crippen MR) is 333 cm³/mol. The highest BCUT2D eigenvalue weighted by atomic mass is 35.7. The summed E-state index contributed by atoms with van der Waals surface area (Å²) in [4.78, 5) is 25.1. The standard InChI is InChI=1S/C32H46N2O7S.C25H42N2O3.C7H5ClO4S/c1-23(2)11-10-12-24(3)17-18-34(42(37,38)26-15-16-29-30(20-26)40-22-39-29)21-28(35)27(19-25-13-8-7-9-14-25)33-31(36)41-32(4,5)6;1-19(2)11-10-12-20(3)15-16-26-18-23(28)22(17-21-13-8-7-9-14-21)27-24(29)30-25(4,5)6;8-13(9,10)5-1-2-6-7(3-5)12-4-11-6/h7-9,13-16,20,24,27-28,35H,1,10-12,17-19,21-22H2,2-6H3,(H,33,36);7-9,13-14,20,22-23,26,28H,1,10-12,15-18H2,2-6H3,(H,27,29);1-3H,4H2/t24?,27-,28+;20?,22-,23+;/m00./s1. The number of benzene rings is 4. The van der Waals surface area contributed by atoms with Crippen molar-refractivity contribution in [2.24, 2.45) is 11.8 Å². The van der Waals surface area contributed by atoms with Gasteiger partial charge < -0.3 is 54.6 Å². The van der Waals surface area contributed by atoms with Gasteiger partial charge in [-0.3, -0.25) is 0 Å². The number of aliphatic hydroxyl groups excluding tert-OH is 2. The molecule has 2 unspecified atom stereocenters. The van der Waals surface area contributed by atoms with Gasteiger partial charge in [0.2, 0.25) is 23.6 Å². The van der Waals surface area contributed by atoms with Gasteiger partial charge in [-0.05, 0) is 161 Å². The van der Waals surface area contributed by atoms with Crippen LogP contribution < -0.4 is 34.9 Å². The summed E-state index contributed by atoms with van der Waals surface area (Å²) in [5.41, 5.74) is 2.99. The van der Waals surface area contributed by atoms with Gasteiger partial charge in [0.05, 0.1) is 34.1 Å². The number of ether oxygens (including phenoxy) is 6. The zero-order valence-electron chi connectivity index (χ0n) is 51.4. The Bertz CT molecular complexity index is 2960. The van der Waals surface area contributed by atoms with Crippen molar-refractivity contribution in [1.29, 1.82) is 0 Å². The fourth-order valence-corrected chi connectivity index (χ4v) is 11.2. The van der Waals surface area contributed by atoms with E-state index in [1.54, 1.807) is 26.8 Å². The minimum atomic E-state index is -4.03. The molecule has 6 rings (SSSR count). The molecule has 2 heterocycles. The number of alkyl carbamates (subject to hydrolysis) is 2. The number of allylic oxidation sites excluding steroid dienone is 2. The Kier molecular flexibility index (Phi) is 29.0. The lowest BCUT2D eigenvalue weighted by atomic mass is 9.98. The van der Waals surface area contributed by atoms with Crippen molar-refractivity contribution in [2.75, 3.05) is 39.8 Å². The molecule has 0 aliphatic carbocycles. The van der Waals surface area contributed by atoms with E-state index >= 15 is 0 Å². The van der Waals surface area contributed by atoms with Crippen LogP contribution in [0, 0.1) is 11.8 Å². The normalized spacial score (nSPS) is 14.9. The van der Waals surface area contributed by atoms with Crippen molar-refractivity contribution < 1.29 is 65.1 Å². The molecule has 21 heteroatoms. The lowest BCUT2D eigenvalue weighted by Crippen LogP contribution is -2.51. The second-order valence-corrected chi connectivity index (χ2v) is 28.5. The Balaban J connectivity index is 0.000000310. The average molecular weight is 1240 g/mol. The summed E-state index contributed by atoms with van der Waals surface area (Å²) >= 11 is 0. The number of fused-ring (bicyclic) bond motifs is 2. The highest BCUT2D eigenvalue weighted by Gasteiger charge is 2.33. The maximum atomic E-state index is 14.0. The number of carbonyl (C=O) groups excluding carboxylic acids is 2. The van der Waals surface area contributed by atoms with Crippen LogP contribution in [0.3, 0.4) is 0 Å². The fourth-order valence-electron chi connectivity index (χ4n) is 8.98. The fraction of sp³-hybridized carbons (Fsp3) is 0.531. The maximum absolute atomic E-state index is 14.0. The van der Waals surface area contributed by atoms with Crippen molar-refractivity contribution in [3.8, 4) is 23.0 Å². The van der Waals surface area contributed by atoms with Crippen LogP contribution in [-0.4, -0.2) is 119 Å². The Morgan fingerprint density at radius 1 is 0.624 bits per heavy atom. The van der Waals surface area contributed by atoms with Crippen LogP contribution in [0.25, 0.3) is 0 Å². The van der Waals surface area contributed by atoms with Crippen molar-refractivity contribution in [3.05, 3.63) is 132 Å². The van der Waals surface area contributed by atoms with Gasteiger partial charge in [-0.2, -0.15) is 4.31 Å². The van der Waals surface area contributed by atoms with E-state index in [-0.39, 0.29) is 48.8 Å². The minimum Gasteiger partial charge on any atom is -0.454 e. The van der Waals surface area contributed by atoms with Gasteiger partial charge in [0, 0.05) is 42.4 Å². The summed E-state index contributed by atoms with van der Waals surface area (Å²) in [6.45, 7) is 28.5. The average Bonchev–Trinajstić information content (AvgIpc) is 3.46. The number of aliphatic hydroxyl groups is 2. The van der Waals surface area contributed by atoms with E-state index in [0.29, 0.717) is 48.3 Å². The number of nitrogens with zero attached hydrogens (tertiary/aromatic N) is 1. The molecule has 5 N–H and O–H groups in total. The molecule has 2 aliphatic rings. The first-order valence-electron chi connectivity index (χ1n) is 29.0. The zero-order chi connectivity index (χ0) is 63.0. The summed E-state index contributed by atoms with van der Waals surface area (Å²) in [5.74, 6) is 2.67. The highest BCUT2D eigenvalue weighted by Crippen LogP contribution is 2.36. The van der Waals surface area contributed by atoms with E-state index in [2.05, 4.69) is 49.9 Å². The summed E-state index contributed by atoms with van der Waals surface area (Å²) in [6, 6.07) is 26.8. The number of rotatable bonds is 29. The molecule has 4 aromatic rings. The molecule has 0 aromatic heterocycles. The first-order valence-corrected chi connectivity index (χ1v) is 32.8. The van der Waals surface area contributed by atoms with E-state index in [1.807, 2.05) is 88.4 Å². The number of hydrogen-bond donors (Lipinski definition) is 5. The van der Waals surface area contributed by atoms with Crippen LogP contribution >= 0.6 is 10.7 Å². The second kappa shape index (κ2) is 34.5. The van der Waals surface area contributed by atoms with Gasteiger partial charge in [-0.1, -0.05) is 98.5 Å². The SMILES string of the molecule is C=C(C)CCCC(C)CCN(C[C@@H](O)[C@H](Cc1ccccc1)NC(=O)OC(C)(C)C)S(=O)(=O)c1ccc2c(c1)OCO2.C=C(C)CCCC(C)CCNC[C@@H](O)[C@H](Cc1ccccc1)NC(=O)OC(C)(C)C.O=S(=O)(Cl)c1ccc2c(c1)OCO2. The third kappa shape index (κ3) is 27.6. The Morgan fingerprint density at radius 3 is 1.49 bits per heavy atom. The molecule has 85 heavy (non-hydrogen) atoms. The van der Waals surface area contributed by atoms with Crippen molar-refractivity contribution >= 4 is 41.9 Å². The first-order chi connectivity index (χ1) is 39.9. The van der Waals surface area contributed by atoms with Crippen LogP contribution in [0.4, 0.5) is 9.59 Å². The summed E-state index contributed by atoms with van der Waals surface area (Å²) in [6.07, 6.45) is 5.68. The smallest absolute Gasteiger partial charge is 0.407 e. The first kappa shape index (κ1) is 71.6. The highest BCUT2D eigenvalue weighted by molar-refractivity contribution is 8.13. The van der Waals surface area contributed by atoms with E-state index in [0.717, 1.165) is 55.3 Å². The monoisotopic (exact) mass is 1240 g/mol. The predicted octanol–water partition coefficient (Wildman–Crippen LogP) is 11.9. The molecule has 4 aromatic carbocycles. The number of hydrogen-bond acceptors (Lipinski definition) is 15. The molecule has 472 valence electrons. The molecular weight excluding hydrogens is 1150 g/mol. The molecule has 6 atom stereocenters. The number of amides is 2. The zero-order valence-corrected chi connectivity index (χ0v) is 53.8. The molecule has 0 radical (unpaired) electrons. The molecule has 0 fully saturated rings. The Labute approximate surface area is 510 Å². The van der Waals surface area contributed by atoms with Gasteiger partial charge in [-0.15, -0.1) is 13.2 Å².